The fourth-order valence-electron chi connectivity index (χ4n) is 2.02. The molecule has 17 heavy (non-hydrogen) atoms. The van der Waals surface area contributed by atoms with Gasteiger partial charge >= 0.3 is 112 Å². The molecule has 0 heterocycles. The van der Waals surface area contributed by atoms with Crippen LogP contribution in [0.25, 0.3) is 0 Å². The van der Waals surface area contributed by atoms with Gasteiger partial charge in [-0.25, -0.2) is 0 Å². The molecule has 90 valence electrons. The molecule has 0 nitrogen and oxygen atoms in total. The van der Waals surface area contributed by atoms with Gasteiger partial charge in [0.05, 0.1) is 0 Å². The van der Waals surface area contributed by atoms with Crippen LogP contribution in [0, 0.1) is 0 Å². The molecule has 0 N–H and O–H groups in total. The first-order chi connectivity index (χ1) is 8.35. The van der Waals surface area contributed by atoms with Crippen molar-refractivity contribution in [1.29, 1.82) is 0 Å². The number of rotatable bonds is 6. The fourth-order valence-corrected chi connectivity index (χ4v) is 4.62. The minimum absolute atomic E-state index is 0.247. The molecule has 0 atom stereocenters. The van der Waals surface area contributed by atoms with Gasteiger partial charge in [-0.15, -0.1) is 0 Å². The Morgan fingerprint density at radius 3 is 1.82 bits per heavy atom. The second-order valence-electron chi connectivity index (χ2n) is 4.12. The Balaban J connectivity index is 2.11. The van der Waals surface area contributed by atoms with E-state index in [-0.39, 0.29) is 17.1 Å². The van der Waals surface area contributed by atoms with Gasteiger partial charge < -0.3 is 0 Å². The van der Waals surface area contributed by atoms with Crippen molar-refractivity contribution in [2.24, 2.45) is 0 Å². The Bertz CT molecular complexity index is 402. The van der Waals surface area contributed by atoms with E-state index in [2.05, 4.69) is 37.5 Å². The number of hydrogen-bond donors (Lipinski definition) is 0. The summed E-state index contributed by atoms with van der Waals surface area (Å²) in [6, 6.07) is 0. The van der Waals surface area contributed by atoms with Crippen LogP contribution >= 0.6 is 0 Å². The van der Waals surface area contributed by atoms with Gasteiger partial charge in [-0.3, -0.25) is 0 Å². The normalized spacial score (nSPS) is 18.6. The van der Waals surface area contributed by atoms with Gasteiger partial charge in [0.2, 0.25) is 0 Å². The maximum absolute atomic E-state index is 3.84. The Morgan fingerprint density at radius 1 is 0.941 bits per heavy atom. The summed E-state index contributed by atoms with van der Waals surface area (Å²) in [7, 11) is 0. The Morgan fingerprint density at radius 2 is 1.41 bits per heavy atom. The zero-order valence-electron chi connectivity index (χ0n) is 10.1. The van der Waals surface area contributed by atoms with Crippen LogP contribution in [-0.2, 0) is 17.1 Å². The van der Waals surface area contributed by atoms with E-state index in [1.165, 1.54) is 11.1 Å². The quantitative estimate of drug-likeness (QED) is 0.495. The maximum atomic E-state index is 3.84. The third-order valence-corrected chi connectivity index (χ3v) is 5.72. The molecule has 0 aromatic carbocycles. The van der Waals surface area contributed by atoms with Crippen molar-refractivity contribution in [3.8, 4) is 0 Å². The molecule has 0 saturated carbocycles. The number of hydrogen-bond acceptors (Lipinski definition) is 0. The predicted octanol–water partition coefficient (Wildman–Crippen LogP) is 4.65. The summed E-state index contributed by atoms with van der Waals surface area (Å²) >= 11 is 0.247. The van der Waals surface area contributed by atoms with Gasteiger partial charge in [0.15, 0.2) is 0 Å². The van der Waals surface area contributed by atoms with Crippen molar-refractivity contribution in [2.45, 2.75) is 25.7 Å². The van der Waals surface area contributed by atoms with Gasteiger partial charge in [0.25, 0.3) is 0 Å². The molecule has 1 heteroatoms. The van der Waals surface area contributed by atoms with Crippen LogP contribution in [0.2, 0.25) is 0 Å². The van der Waals surface area contributed by atoms with Gasteiger partial charge in [-0.2, -0.15) is 0 Å². The molecule has 0 bridgehead atoms. The van der Waals surface area contributed by atoms with Gasteiger partial charge in [-0.05, 0) is 0 Å². The van der Waals surface area contributed by atoms with Crippen molar-refractivity contribution in [1.82, 2.24) is 0 Å². The zero-order valence-corrected chi connectivity index (χ0v) is 11.8. The Kier molecular flexibility index (Phi) is 4.51. The van der Waals surface area contributed by atoms with E-state index in [0.717, 1.165) is 25.7 Å². The second kappa shape index (κ2) is 6.12. The van der Waals surface area contributed by atoms with Crippen molar-refractivity contribution in [3.63, 3.8) is 0 Å². The standard InChI is InChI=1S/2C8H9.Ru/c2*1-2-5-8-6-3-4-7-8;/h2*2-3,6H,1,4-5H2;. The molecule has 2 aliphatic carbocycles. The second-order valence-corrected chi connectivity index (χ2v) is 6.65. The molecule has 2 aliphatic rings. The summed E-state index contributed by atoms with van der Waals surface area (Å²) in [5, 5.41) is 0. The van der Waals surface area contributed by atoms with Crippen molar-refractivity contribution < 1.29 is 17.1 Å². The molecule has 0 aromatic rings. The fraction of sp³-hybridized carbons (Fsp3) is 0.250. The Hall–Kier alpha value is -0.937. The molecule has 0 spiro atoms. The molecular weight excluding hydrogens is 293 g/mol. The summed E-state index contributed by atoms with van der Waals surface area (Å²) in [5.74, 6) is 0. The summed E-state index contributed by atoms with van der Waals surface area (Å²) in [6.07, 6.45) is 17.5. The summed E-state index contributed by atoms with van der Waals surface area (Å²) in [4.78, 5) is 0. The Labute approximate surface area is 112 Å². The van der Waals surface area contributed by atoms with Crippen LogP contribution < -0.4 is 0 Å². The summed E-state index contributed by atoms with van der Waals surface area (Å²) < 4.78 is 3.33. The monoisotopic (exact) mass is 312 g/mol. The van der Waals surface area contributed by atoms with E-state index < -0.39 is 0 Å². The van der Waals surface area contributed by atoms with E-state index in [9.17, 15) is 0 Å². The van der Waals surface area contributed by atoms with E-state index in [1.807, 2.05) is 12.2 Å². The first kappa shape index (κ1) is 12.5. The molecule has 0 saturated heterocycles. The summed E-state index contributed by atoms with van der Waals surface area (Å²) in [6.45, 7) is 7.68. The molecule has 0 aliphatic heterocycles. The average molecular weight is 311 g/mol. The van der Waals surface area contributed by atoms with Gasteiger partial charge in [-0.1, -0.05) is 0 Å². The van der Waals surface area contributed by atoms with E-state index >= 15 is 0 Å². The van der Waals surface area contributed by atoms with Gasteiger partial charge in [0.1, 0.15) is 0 Å². The van der Waals surface area contributed by atoms with E-state index in [4.69, 9.17) is 0 Å². The van der Waals surface area contributed by atoms with Crippen LogP contribution in [0.15, 0.2) is 69.1 Å². The van der Waals surface area contributed by atoms with Crippen LogP contribution in [0.1, 0.15) is 25.7 Å². The first-order valence-electron chi connectivity index (χ1n) is 5.96. The average Bonchev–Trinajstić information content (AvgIpc) is 2.92. The molecule has 2 rings (SSSR count). The minimum atomic E-state index is 0.247. The molecule has 0 fully saturated rings. The van der Waals surface area contributed by atoms with E-state index in [1.54, 1.807) is 8.33 Å². The van der Waals surface area contributed by atoms with E-state index in [0.29, 0.717) is 0 Å². The van der Waals surface area contributed by atoms with Crippen LogP contribution in [0.3, 0.4) is 0 Å². The molecule has 0 unspecified atom stereocenters. The third-order valence-electron chi connectivity index (χ3n) is 2.85. The third kappa shape index (κ3) is 3.04. The van der Waals surface area contributed by atoms with Crippen molar-refractivity contribution in [3.05, 3.63) is 69.1 Å². The molecule has 0 amide bonds. The summed E-state index contributed by atoms with van der Waals surface area (Å²) in [5.41, 5.74) is 3.02. The van der Waals surface area contributed by atoms with Crippen LogP contribution in [0.4, 0.5) is 0 Å². The molecule has 0 radical (unpaired) electrons. The van der Waals surface area contributed by atoms with Crippen molar-refractivity contribution >= 4 is 0 Å². The van der Waals surface area contributed by atoms with Gasteiger partial charge in [0, 0.05) is 0 Å². The SMILES string of the molecule is C=CCC1=[C]([Ru][C]2=C(CC=C)C=CC2)CC=C1. The first-order valence-corrected chi connectivity index (χ1v) is 7.70. The predicted molar refractivity (Wildman–Crippen MR) is 71.2 cm³/mol. The van der Waals surface area contributed by atoms with Crippen LogP contribution in [-0.4, -0.2) is 0 Å². The topological polar surface area (TPSA) is 0 Å². The van der Waals surface area contributed by atoms with Crippen LogP contribution in [0.5, 0.6) is 0 Å². The zero-order chi connectivity index (χ0) is 12.1. The van der Waals surface area contributed by atoms with Crippen molar-refractivity contribution in [2.75, 3.05) is 0 Å². The number of allylic oxidation sites excluding steroid dienone is 10. The molecular formula is C16H18Ru. The molecule has 0 aromatic heterocycles.